The maximum Gasteiger partial charge on any atom is 0.408 e. The van der Waals surface area contributed by atoms with Gasteiger partial charge < -0.3 is 56.4 Å². The number of nitrogens with one attached hydrogen (secondary N) is 5. The number of esters is 1. The third-order valence-electron chi connectivity index (χ3n) is 11.2. The molecule has 0 saturated carbocycles. The highest BCUT2D eigenvalue weighted by molar-refractivity contribution is 5.98. The summed E-state index contributed by atoms with van der Waals surface area (Å²) in [6.45, 7) is 13.4. The fraction of sp³-hybridized carbons (Fsp3) is 0.500. The van der Waals surface area contributed by atoms with Gasteiger partial charge in [-0.25, -0.2) is 19.2 Å². The Morgan fingerprint density at radius 1 is 1.01 bits per heavy atom. The van der Waals surface area contributed by atoms with Crippen LogP contribution in [0.4, 0.5) is 20.1 Å². The van der Waals surface area contributed by atoms with Crippen LogP contribution in [0.3, 0.4) is 0 Å². The quantitative estimate of drug-likeness (QED) is 0.0146. The highest BCUT2D eigenvalue weighted by atomic mass is 16.6. The minimum Gasteiger partial charge on any atom is -0.455 e. The molecule has 1 aromatic carbocycles. The monoisotopic (exact) mass is 957 g/mol. The zero-order valence-electron chi connectivity index (χ0n) is 40.9. The van der Waals surface area contributed by atoms with Crippen LogP contribution in [0.25, 0.3) is 0 Å². The molecule has 17 nitrogen and oxygen atoms in total. The number of terminal acetylenes is 1. The number of alkyl carbamates (subject to hydrolysis) is 2. The standard InChI is InChI=1S/C52H72N6O11/c1-9-11-28-66-52(65)58-47(33(3)4)49(62)56-42(19-14-27-54-50(53)63)48(61)55-39-24-22-38(23-25-39)32-67-51(64)57-41(45-31-43(59)37(8)44(69-45)15-10-2)18-12-16-34(5)29-36(7)30-35(6)21-26-40-17-13-20-46(60)68-40/h1,10,12-13,15-16,18,20-26,30,33,36-37,40-45,47,59H,11,14,17,19,27-29,31-32H2,2-8H3,(H,55,61)(H,56,62)(H,57,64)(H,58,65)(H3,53,54,63)/b15-10+,18-12+,26-21+,34-16+,35-30-/t36-,37+,40-,41-,42+,43-,44+,45+,47+/m1/s1. The second-order valence-electron chi connectivity index (χ2n) is 17.7. The SMILES string of the molecule is C#CCCOC(=O)N[C@H](C(=O)N[C@@H](CCCNC(N)=O)C(=O)Nc1ccc(COC(=O)N[C@H](/C=C/C=C(\C)C[C@@H](C)/C=C(C)\C=C\[C@H]2CC=CC(=O)O2)[C@@H]2C[C@@H](O)[C@H](C)[C@H](/C=C/C)O2)cc1)C(C)C. The van der Waals surface area contributed by atoms with Crippen LogP contribution in [0, 0.1) is 30.1 Å². The van der Waals surface area contributed by atoms with Gasteiger partial charge in [0.1, 0.15) is 31.4 Å². The number of amides is 6. The van der Waals surface area contributed by atoms with Gasteiger partial charge in [-0.3, -0.25) is 9.59 Å². The minimum absolute atomic E-state index is 0.0259. The molecule has 1 fully saturated rings. The molecule has 8 N–H and O–H groups in total. The molecular formula is C52H72N6O11. The van der Waals surface area contributed by atoms with E-state index in [9.17, 15) is 33.9 Å². The van der Waals surface area contributed by atoms with Gasteiger partial charge in [0.25, 0.3) is 0 Å². The summed E-state index contributed by atoms with van der Waals surface area (Å²) < 4.78 is 22.4. The van der Waals surface area contributed by atoms with E-state index in [1.54, 1.807) is 38.1 Å². The highest BCUT2D eigenvalue weighted by Gasteiger charge is 2.37. The number of carbonyl (C=O) groups is 6. The van der Waals surface area contributed by atoms with Crippen molar-refractivity contribution in [2.24, 2.45) is 23.5 Å². The molecule has 9 atom stereocenters. The Kier molecular flexibility index (Phi) is 24.6. The summed E-state index contributed by atoms with van der Waals surface area (Å²) in [6, 6.07) is 3.10. The number of anilines is 1. The summed E-state index contributed by atoms with van der Waals surface area (Å²) in [5.41, 5.74) is 8.35. The zero-order valence-corrected chi connectivity index (χ0v) is 40.9. The average Bonchev–Trinajstić information content (AvgIpc) is 3.29. The van der Waals surface area contributed by atoms with E-state index in [4.69, 9.17) is 31.1 Å². The van der Waals surface area contributed by atoms with Crippen LogP contribution < -0.4 is 32.3 Å². The molecule has 0 bridgehead atoms. The van der Waals surface area contributed by atoms with Crippen LogP contribution in [0.15, 0.2) is 96.2 Å². The van der Waals surface area contributed by atoms with Crippen LogP contribution in [0.1, 0.15) is 92.6 Å². The van der Waals surface area contributed by atoms with Crippen molar-refractivity contribution >= 4 is 41.7 Å². The van der Waals surface area contributed by atoms with E-state index in [2.05, 4.69) is 45.5 Å². The van der Waals surface area contributed by atoms with E-state index >= 15 is 0 Å². The molecule has 3 rings (SSSR count). The lowest BCUT2D eigenvalue weighted by molar-refractivity contribution is -0.141. The van der Waals surface area contributed by atoms with Gasteiger partial charge in [-0.05, 0) is 75.6 Å². The Morgan fingerprint density at radius 3 is 2.41 bits per heavy atom. The molecule has 69 heavy (non-hydrogen) atoms. The summed E-state index contributed by atoms with van der Waals surface area (Å²) in [6.07, 6.45) is 22.9. The lowest BCUT2D eigenvalue weighted by atomic mass is 9.87. The van der Waals surface area contributed by atoms with Crippen molar-refractivity contribution in [3.8, 4) is 12.3 Å². The molecule has 6 amide bonds. The van der Waals surface area contributed by atoms with E-state index in [1.165, 1.54) is 6.08 Å². The van der Waals surface area contributed by atoms with Gasteiger partial charge in [0.05, 0.1) is 24.4 Å². The van der Waals surface area contributed by atoms with Gasteiger partial charge in [0, 0.05) is 43.5 Å². The summed E-state index contributed by atoms with van der Waals surface area (Å²) in [5, 5.41) is 24.4. The molecule has 2 aliphatic rings. The van der Waals surface area contributed by atoms with E-state index in [0.717, 1.165) is 17.6 Å². The topological polar surface area (TPSA) is 246 Å². The highest BCUT2D eigenvalue weighted by Crippen LogP contribution is 2.29. The van der Waals surface area contributed by atoms with Crippen molar-refractivity contribution in [3.63, 3.8) is 0 Å². The molecule has 1 saturated heterocycles. The van der Waals surface area contributed by atoms with Crippen molar-refractivity contribution in [3.05, 3.63) is 102 Å². The van der Waals surface area contributed by atoms with Crippen molar-refractivity contribution in [1.29, 1.82) is 0 Å². The number of allylic oxidation sites excluding steroid dienone is 7. The molecule has 0 spiro atoms. The number of aliphatic hydroxyl groups excluding tert-OH is 1. The van der Waals surface area contributed by atoms with E-state index in [1.807, 2.05) is 76.3 Å². The summed E-state index contributed by atoms with van der Waals surface area (Å²) >= 11 is 0. The molecule has 0 unspecified atom stereocenters. The molecular weight excluding hydrogens is 885 g/mol. The summed E-state index contributed by atoms with van der Waals surface area (Å²) in [4.78, 5) is 75.4. The lowest BCUT2D eigenvalue weighted by Crippen LogP contribution is -2.54. The fourth-order valence-corrected chi connectivity index (χ4v) is 7.54. The van der Waals surface area contributed by atoms with Gasteiger partial charge in [-0.2, -0.15) is 0 Å². The third kappa shape index (κ3) is 21.5. The summed E-state index contributed by atoms with van der Waals surface area (Å²) in [5.74, 6) is 0.552. The Balaban J connectivity index is 1.67. The Bertz CT molecular complexity index is 2100. The van der Waals surface area contributed by atoms with Crippen molar-refractivity contribution in [2.75, 3.05) is 18.5 Å². The predicted molar refractivity (Wildman–Crippen MR) is 264 cm³/mol. The van der Waals surface area contributed by atoms with Crippen LogP contribution in [-0.4, -0.2) is 96.8 Å². The number of primary amides is 1. The van der Waals surface area contributed by atoms with Crippen molar-refractivity contribution < 1.29 is 52.8 Å². The Labute approximate surface area is 406 Å². The number of nitrogens with two attached hydrogens (primary N) is 1. The minimum atomic E-state index is -1.06. The van der Waals surface area contributed by atoms with Gasteiger partial charge in [0.2, 0.25) is 11.8 Å². The normalized spacial score (nSPS) is 21.4. The lowest BCUT2D eigenvalue weighted by Gasteiger charge is -2.39. The largest absolute Gasteiger partial charge is 0.455 e. The number of aliphatic hydroxyl groups is 1. The number of urea groups is 1. The number of hydrogen-bond acceptors (Lipinski definition) is 11. The van der Waals surface area contributed by atoms with Gasteiger partial charge in [-0.15, -0.1) is 12.3 Å². The van der Waals surface area contributed by atoms with Crippen LogP contribution in [0.5, 0.6) is 0 Å². The molecule has 1 aromatic rings. The predicted octanol–water partition coefficient (Wildman–Crippen LogP) is 6.56. The molecule has 376 valence electrons. The average molecular weight is 957 g/mol. The number of hydrogen-bond donors (Lipinski definition) is 7. The first-order valence-electron chi connectivity index (χ1n) is 23.5. The Morgan fingerprint density at radius 2 is 1.74 bits per heavy atom. The van der Waals surface area contributed by atoms with E-state index < -0.39 is 60.4 Å². The zero-order chi connectivity index (χ0) is 50.9. The van der Waals surface area contributed by atoms with Crippen LogP contribution >= 0.6 is 0 Å². The number of cyclic esters (lactones) is 1. The van der Waals surface area contributed by atoms with E-state index in [0.29, 0.717) is 24.1 Å². The summed E-state index contributed by atoms with van der Waals surface area (Å²) in [7, 11) is 0. The van der Waals surface area contributed by atoms with Gasteiger partial charge in [0.15, 0.2) is 0 Å². The third-order valence-corrected chi connectivity index (χ3v) is 11.2. The molecule has 2 heterocycles. The fourth-order valence-electron chi connectivity index (χ4n) is 7.54. The van der Waals surface area contributed by atoms with Gasteiger partial charge >= 0.3 is 24.2 Å². The van der Waals surface area contributed by atoms with Crippen LogP contribution in [0.2, 0.25) is 0 Å². The first-order valence-corrected chi connectivity index (χ1v) is 23.5. The molecule has 0 radical (unpaired) electrons. The van der Waals surface area contributed by atoms with Crippen molar-refractivity contribution in [1.82, 2.24) is 21.3 Å². The molecule has 2 aliphatic heterocycles. The maximum absolute atomic E-state index is 13.6. The van der Waals surface area contributed by atoms with Crippen LogP contribution in [-0.2, 0) is 39.9 Å². The van der Waals surface area contributed by atoms with Crippen molar-refractivity contribution in [2.45, 2.75) is 136 Å². The van der Waals surface area contributed by atoms with Gasteiger partial charge in [-0.1, -0.05) is 99.6 Å². The molecule has 17 heteroatoms. The number of benzene rings is 1. The molecule has 0 aliphatic carbocycles. The first kappa shape index (κ1) is 56.7. The maximum atomic E-state index is 13.6. The number of carbonyl (C=O) groups excluding carboxylic acids is 6. The second-order valence-corrected chi connectivity index (χ2v) is 17.7. The number of ether oxygens (including phenoxy) is 4. The smallest absolute Gasteiger partial charge is 0.408 e. The number of rotatable bonds is 24. The Hall–Kier alpha value is -6.64. The molecule has 0 aromatic heterocycles. The van der Waals surface area contributed by atoms with E-state index in [-0.39, 0.29) is 75.0 Å². The first-order chi connectivity index (χ1) is 32.9. The second kappa shape index (κ2) is 30.0.